The van der Waals surface area contributed by atoms with Gasteiger partial charge < -0.3 is 66.3 Å². The van der Waals surface area contributed by atoms with Gasteiger partial charge in [0.15, 0.2) is 28.9 Å². The highest BCUT2D eigenvalue weighted by Gasteiger charge is 2.58. The summed E-state index contributed by atoms with van der Waals surface area (Å²) in [7, 11) is 0. The van der Waals surface area contributed by atoms with E-state index in [2.05, 4.69) is 4.74 Å². The van der Waals surface area contributed by atoms with Crippen LogP contribution in [0.25, 0.3) is 0 Å². The van der Waals surface area contributed by atoms with E-state index in [-0.39, 0.29) is 59.2 Å². The summed E-state index contributed by atoms with van der Waals surface area (Å²) in [4.78, 5) is 32.3. The number of hydrogen-bond donors (Lipinski definition) is 0. The molecule has 17 nitrogen and oxygen atoms in total. The molecule has 0 aromatic heterocycles. The SMILES string of the molecule is C.CC1(C)OCC(C2OC(C)(C)OC2C2COC(C)(C)O2)O1.CCOC(=O)C(C)=O.CCOC(=O)C1(C)OCC(C2OC(C)(C)OC2C2COC(C)(C)O2)O1.[H+]. The normalized spacial score (nSPS) is 37.5. The first kappa shape index (κ1) is 47.5. The Morgan fingerprint density at radius 1 is 0.491 bits per heavy atom. The summed E-state index contributed by atoms with van der Waals surface area (Å²) in [5.41, 5.74) is 0. The zero-order valence-corrected chi connectivity index (χ0v) is 34.3. The summed E-state index contributed by atoms with van der Waals surface area (Å²) in [6, 6.07) is 0. The van der Waals surface area contributed by atoms with Crippen LogP contribution in [0.2, 0.25) is 0 Å². The minimum Gasteiger partial charge on any atom is -0.462 e. The second-order valence-corrected chi connectivity index (χ2v) is 16.1. The van der Waals surface area contributed by atoms with Crippen LogP contribution in [0.5, 0.6) is 0 Å². The van der Waals surface area contributed by atoms with Crippen LogP contribution < -0.4 is 0 Å². The maximum Gasteiger partial charge on any atom is 1.00 e. The quantitative estimate of drug-likeness (QED) is 0.253. The molecule has 0 bridgehead atoms. The number of rotatable bonds is 8. The van der Waals surface area contributed by atoms with Gasteiger partial charge in [0.1, 0.15) is 48.8 Å². The third-order valence-corrected chi connectivity index (χ3v) is 8.99. The molecule has 0 radical (unpaired) electrons. The molecule has 0 N–H and O–H groups in total. The Kier molecular flexibility index (Phi) is 15.5. The van der Waals surface area contributed by atoms with Gasteiger partial charge >= 0.3 is 13.4 Å². The molecule has 0 aromatic carbocycles. The average Bonchev–Trinajstić information content (AvgIpc) is 3.89. The minimum absolute atomic E-state index is 0. The van der Waals surface area contributed by atoms with Crippen LogP contribution in [-0.4, -0.2) is 141 Å². The predicted molar refractivity (Wildman–Crippen MR) is 193 cm³/mol. The summed E-state index contributed by atoms with van der Waals surface area (Å²) >= 11 is 0. The van der Waals surface area contributed by atoms with Crippen LogP contribution in [-0.2, 0) is 80.7 Å². The highest BCUT2D eigenvalue weighted by molar-refractivity contribution is 6.32. The number of esters is 2. The van der Waals surface area contributed by atoms with E-state index < -0.39 is 70.8 Å². The van der Waals surface area contributed by atoms with E-state index in [4.69, 9.17) is 61.6 Å². The van der Waals surface area contributed by atoms with Crippen LogP contribution in [0.4, 0.5) is 0 Å². The third kappa shape index (κ3) is 12.6. The van der Waals surface area contributed by atoms with Gasteiger partial charge in [-0.15, -0.1) is 0 Å². The van der Waals surface area contributed by atoms with Gasteiger partial charge in [-0.05, 0) is 83.1 Å². The molecule has 0 aliphatic carbocycles. The second-order valence-electron chi connectivity index (χ2n) is 16.1. The monoisotopic (exact) mass is 795 g/mol. The summed E-state index contributed by atoms with van der Waals surface area (Å²) in [5, 5.41) is 0. The lowest BCUT2D eigenvalue weighted by atomic mass is 10.0. The van der Waals surface area contributed by atoms with Crippen molar-refractivity contribution in [1.82, 2.24) is 0 Å². The van der Waals surface area contributed by atoms with Gasteiger partial charge in [0.25, 0.3) is 5.79 Å². The zero-order valence-electron chi connectivity index (χ0n) is 35.3. The van der Waals surface area contributed by atoms with Crippen molar-refractivity contribution in [1.29, 1.82) is 0 Å². The molecule has 6 aliphatic heterocycles. The number of Topliss-reactive ketones (excluding diaryl/α,β-unsaturated/α-hetero) is 1. The number of carbonyl (C=O) groups excluding carboxylic acids is 3. The van der Waals surface area contributed by atoms with Gasteiger partial charge in [-0.25, -0.2) is 9.59 Å². The minimum atomic E-state index is -1.44. The largest absolute Gasteiger partial charge is 1.00 e. The van der Waals surface area contributed by atoms with Gasteiger partial charge in [-0.1, -0.05) is 7.43 Å². The van der Waals surface area contributed by atoms with Crippen molar-refractivity contribution in [2.24, 2.45) is 0 Å². The molecule has 0 spiro atoms. The van der Waals surface area contributed by atoms with E-state index in [1.54, 1.807) is 20.8 Å². The van der Waals surface area contributed by atoms with Gasteiger partial charge in [0.2, 0.25) is 5.78 Å². The summed E-state index contributed by atoms with van der Waals surface area (Å²) in [5.74, 6) is -6.59. The molecule has 9 atom stereocenters. The molecule has 0 amide bonds. The Hall–Kier alpha value is -1.87. The molecule has 6 aliphatic rings. The van der Waals surface area contributed by atoms with Crippen LogP contribution in [0, 0.1) is 0 Å². The lowest BCUT2D eigenvalue weighted by Gasteiger charge is -2.27. The van der Waals surface area contributed by atoms with Gasteiger partial charge in [-0.2, -0.15) is 0 Å². The van der Waals surface area contributed by atoms with Crippen molar-refractivity contribution in [3.63, 3.8) is 0 Å². The molecule has 6 heterocycles. The maximum atomic E-state index is 12.1. The van der Waals surface area contributed by atoms with Crippen molar-refractivity contribution < 1.29 is 82.1 Å². The van der Waals surface area contributed by atoms with Crippen LogP contribution in [0.1, 0.15) is 106 Å². The number of carbonyl (C=O) groups is 3. The van der Waals surface area contributed by atoms with E-state index in [0.29, 0.717) is 19.8 Å². The topological polar surface area (TPSA) is 180 Å². The fourth-order valence-electron chi connectivity index (χ4n) is 6.78. The van der Waals surface area contributed by atoms with Crippen LogP contribution >= 0.6 is 0 Å². The Morgan fingerprint density at radius 3 is 1.05 bits per heavy atom. The smallest absolute Gasteiger partial charge is 0.462 e. The molecule has 55 heavy (non-hydrogen) atoms. The molecular formula is C38H67O17+. The lowest BCUT2D eigenvalue weighted by molar-refractivity contribution is -0.211. The molecule has 320 valence electrons. The molecular weight excluding hydrogens is 728 g/mol. The maximum absolute atomic E-state index is 12.1. The van der Waals surface area contributed by atoms with Crippen molar-refractivity contribution in [2.45, 2.75) is 188 Å². The molecule has 17 heteroatoms. The van der Waals surface area contributed by atoms with Gasteiger partial charge in [-0.3, -0.25) is 4.79 Å². The molecule has 0 aromatic rings. The van der Waals surface area contributed by atoms with Crippen LogP contribution in [0.3, 0.4) is 0 Å². The Morgan fingerprint density at radius 2 is 0.800 bits per heavy atom. The molecule has 6 fully saturated rings. The van der Waals surface area contributed by atoms with E-state index in [1.807, 2.05) is 69.2 Å². The lowest BCUT2D eigenvalue weighted by Crippen LogP contribution is -2.46. The van der Waals surface area contributed by atoms with Gasteiger partial charge in [0, 0.05) is 13.8 Å². The van der Waals surface area contributed by atoms with E-state index in [0.717, 1.165) is 0 Å². The molecule has 0 saturated carbocycles. The Balaban J connectivity index is 0.000000318. The number of ether oxygens (including phenoxy) is 14. The summed E-state index contributed by atoms with van der Waals surface area (Å²) in [6.07, 6.45) is -2.41. The van der Waals surface area contributed by atoms with E-state index >= 15 is 0 Å². The fourth-order valence-corrected chi connectivity index (χ4v) is 6.78. The predicted octanol–water partition coefficient (Wildman–Crippen LogP) is 4.05. The zero-order chi connectivity index (χ0) is 40.5. The summed E-state index contributed by atoms with van der Waals surface area (Å²) < 4.78 is 79.8. The second kappa shape index (κ2) is 18.0. The van der Waals surface area contributed by atoms with Crippen molar-refractivity contribution in [3.8, 4) is 0 Å². The summed E-state index contributed by atoms with van der Waals surface area (Å²) in [6.45, 7) is 27.0. The number of hydrogen-bond acceptors (Lipinski definition) is 17. The third-order valence-electron chi connectivity index (χ3n) is 8.99. The highest BCUT2D eigenvalue weighted by atomic mass is 16.8. The number of ketones is 1. The Bertz CT molecular complexity index is 1280. The average molecular weight is 796 g/mol. The first-order valence-electron chi connectivity index (χ1n) is 18.6. The van der Waals surface area contributed by atoms with Gasteiger partial charge in [0.05, 0.1) is 39.6 Å². The first-order chi connectivity index (χ1) is 24.8. The molecule has 9 unspecified atom stereocenters. The van der Waals surface area contributed by atoms with Crippen molar-refractivity contribution >= 4 is 17.7 Å². The fraction of sp³-hybridized carbons (Fsp3) is 0.921. The first-order valence-corrected chi connectivity index (χ1v) is 18.6. The highest BCUT2D eigenvalue weighted by Crippen LogP contribution is 2.41. The Labute approximate surface area is 327 Å². The van der Waals surface area contributed by atoms with Crippen molar-refractivity contribution in [2.75, 3.05) is 39.6 Å². The molecule has 6 rings (SSSR count). The van der Waals surface area contributed by atoms with E-state index in [9.17, 15) is 14.4 Å². The van der Waals surface area contributed by atoms with Crippen molar-refractivity contribution in [3.05, 3.63) is 0 Å². The standard InChI is InChI=1S/C17H28O8.C15H26O6.C5H8O3.CH4/c1-7-19-14(18)17(6)21-9-11(23-17)13-12(24-16(4,5)25-13)10-8-20-15(2,3)22-10;1-13(2)16-7-9(18-13)11-12(21-15(5,6)20-11)10-8-17-14(3,4)19-10;1-3-8-5(7)4(2)6;/h10-13H,7-9H2,1-6H3;9-12H,7-8H2,1-6H3;3H2,1-2H3;1H4/p+1. The van der Waals surface area contributed by atoms with Crippen LogP contribution in [0.15, 0.2) is 0 Å². The van der Waals surface area contributed by atoms with E-state index in [1.165, 1.54) is 6.92 Å². The molecule has 6 saturated heterocycles.